The molecule has 1 aliphatic rings. The van der Waals surface area contributed by atoms with Crippen LogP contribution in [0.2, 0.25) is 0 Å². The molecule has 0 saturated carbocycles. The Morgan fingerprint density at radius 1 is 1.53 bits per heavy atom. The van der Waals surface area contributed by atoms with Gasteiger partial charge in [-0.1, -0.05) is 24.3 Å². The molecule has 17 heavy (non-hydrogen) atoms. The lowest BCUT2D eigenvalue weighted by molar-refractivity contribution is 0.146. The van der Waals surface area contributed by atoms with Gasteiger partial charge < -0.3 is 10.1 Å². The number of hydrogen-bond donors (Lipinski definition) is 1. The molecule has 0 spiro atoms. The zero-order chi connectivity index (χ0) is 12.3. The first-order valence-electron chi connectivity index (χ1n) is 5.87. The lowest BCUT2D eigenvalue weighted by atomic mass is 9.88. The highest BCUT2D eigenvalue weighted by molar-refractivity contribution is 6.21. The molecule has 1 aliphatic carbocycles. The van der Waals surface area contributed by atoms with Gasteiger partial charge in [0, 0.05) is 0 Å². The maximum atomic E-state index is 11.4. The van der Waals surface area contributed by atoms with Crippen LogP contribution in [0.15, 0.2) is 24.3 Å². The molecule has 92 valence electrons. The van der Waals surface area contributed by atoms with Crippen molar-refractivity contribution in [3.63, 3.8) is 0 Å². The highest BCUT2D eigenvalue weighted by atomic mass is 35.5. The van der Waals surface area contributed by atoms with Crippen LogP contribution in [-0.4, -0.2) is 18.7 Å². The van der Waals surface area contributed by atoms with Crippen molar-refractivity contribution in [1.82, 2.24) is 5.32 Å². The maximum absolute atomic E-state index is 11.4. The number of fused-ring (bicyclic) bond motifs is 1. The van der Waals surface area contributed by atoms with Crippen molar-refractivity contribution < 1.29 is 9.53 Å². The van der Waals surface area contributed by atoms with Crippen LogP contribution >= 0.6 is 11.6 Å². The van der Waals surface area contributed by atoms with Gasteiger partial charge in [-0.3, -0.25) is 0 Å². The molecule has 0 heterocycles. The van der Waals surface area contributed by atoms with E-state index in [0.717, 1.165) is 18.4 Å². The van der Waals surface area contributed by atoms with Gasteiger partial charge in [0.15, 0.2) is 0 Å². The van der Waals surface area contributed by atoms with E-state index in [0.29, 0.717) is 6.61 Å². The summed E-state index contributed by atoms with van der Waals surface area (Å²) < 4.78 is 4.87. The quantitative estimate of drug-likeness (QED) is 0.823. The summed E-state index contributed by atoms with van der Waals surface area (Å²) in [6.07, 6.45) is 1.41. The van der Waals surface area contributed by atoms with Gasteiger partial charge in [0.25, 0.3) is 0 Å². The summed E-state index contributed by atoms with van der Waals surface area (Å²) in [4.78, 5) is 11.4. The third kappa shape index (κ3) is 2.72. The average Bonchev–Trinajstić information content (AvgIpc) is 2.33. The van der Waals surface area contributed by atoms with Crippen molar-refractivity contribution in [3.8, 4) is 0 Å². The van der Waals surface area contributed by atoms with Crippen LogP contribution in [-0.2, 0) is 11.2 Å². The van der Waals surface area contributed by atoms with Crippen LogP contribution in [0.25, 0.3) is 0 Å². The second-order valence-electron chi connectivity index (χ2n) is 4.11. The molecule has 1 aromatic carbocycles. The summed E-state index contributed by atoms with van der Waals surface area (Å²) in [6.45, 7) is 2.16. The number of alkyl halides is 1. The molecule has 1 N–H and O–H groups in total. The predicted octanol–water partition coefficient (Wildman–Crippen LogP) is 3.03. The Kier molecular flexibility index (Phi) is 3.89. The maximum Gasteiger partial charge on any atom is 0.407 e. The molecule has 1 aromatic rings. The van der Waals surface area contributed by atoms with Gasteiger partial charge in [-0.05, 0) is 30.9 Å². The molecule has 0 fully saturated rings. The Hall–Kier alpha value is -1.22. The summed E-state index contributed by atoms with van der Waals surface area (Å²) in [6, 6.07) is 8.05. The molecular weight excluding hydrogens is 238 g/mol. The third-order valence-electron chi connectivity index (χ3n) is 3.01. The lowest BCUT2D eigenvalue weighted by Crippen LogP contribution is -2.40. The number of amides is 1. The molecule has 1 amide bonds. The number of ether oxygens (including phenoxy) is 1. The van der Waals surface area contributed by atoms with Crippen LogP contribution in [0.4, 0.5) is 4.79 Å². The van der Waals surface area contributed by atoms with Crippen molar-refractivity contribution in [2.75, 3.05) is 6.61 Å². The normalized spacial score (nSPS) is 22.7. The van der Waals surface area contributed by atoms with Crippen LogP contribution in [0.3, 0.4) is 0 Å². The second-order valence-corrected chi connectivity index (χ2v) is 4.58. The molecule has 0 saturated heterocycles. The SMILES string of the molecule is CCOC(=O)N[C@H]1CCc2ccccc2[C@@H]1Cl. The first kappa shape index (κ1) is 12.2. The molecule has 4 heteroatoms. The Morgan fingerprint density at radius 2 is 2.29 bits per heavy atom. The fraction of sp³-hybridized carbons (Fsp3) is 0.462. The van der Waals surface area contributed by atoms with E-state index in [9.17, 15) is 4.79 Å². The number of alkyl carbamates (subject to hydrolysis) is 1. The van der Waals surface area contributed by atoms with Crippen LogP contribution in [0, 0.1) is 0 Å². The fourth-order valence-electron chi connectivity index (χ4n) is 2.17. The summed E-state index contributed by atoms with van der Waals surface area (Å²) in [5, 5.41) is 2.64. The number of benzene rings is 1. The summed E-state index contributed by atoms with van der Waals surface area (Å²) in [5.41, 5.74) is 2.39. The van der Waals surface area contributed by atoms with Gasteiger partial charge in [0.05, 0.1) is 18.0 Å². The minimum absolute atomic E-state index is 0.0504. The van der Waals surface area contributed by atoms with E-state index >= 15 is 0 Å². The molecule has 0 aromatic heterocycles. The average molecular weight is 254 g/mol. The number of aryl methyl sites for hydroxylation is 1. The van der Waals surface area contributed by atoms with Gasteiger partial charge in [0.2, 0.25) is 0 Å². The first-order valence-corrected chi connectivity index (χ1v) is 6.31. The van der Waals surface area contributed by atoms with E-state index < -0.39 is 0 Å². The van der Waals surface area contributed by atoms with Crippen molar-refractivity contribution in [3.05, 3.63) is 35.4 Å². The number of rotatable bonds is 2. The minimum Gasteiger partial charge on any atom is -0.450 e. The van der Waals surface area contributed by atoms with Crippen LogP contribution < -0.4 is 5.32 Å². The van der Waals surface area contributed by atoms with E-state index in [1.54, 1.807) is 6.92 Å². The van der Waals surface area contributed by atoms with Crippen molar-refractivity contribution >= 4 is 17.7 Å². The molecular formula is C13H16ClNO2. The highest BCUT2D eigenvalue weighted by Crippen LogP contribution is 2.34. The Morgan fingerprint density at radius 3 is 3.06 bits per heavy atom. The Balaban J connectivity index is 2.07. The van der Waals surface area contributed by atoms with Crippen molar-refractivity contribution in [2.24, 2.45) is 0 Å². The molecule has 2 atom stereocenters. The zero-order valence-corrected chi connectivity index (χ0v) is 10.5. The minimum atomic E-state index is -0.387. The topological polar surface area (TPSA) is 38.3 Å². The largest absolute Gasteiger partial charge is 0.450 e. The molecule has 0 bridgehead atoms. The number of hydrogen-bond acceptors (Lipinski definition) is 2. The zero-order valence-electron chi connectivity index (χ0n) is 9.78. The van der Waals surface area contributed by atoms with Crippen LogP contribution in [0.5, 0.6) is 0 Å². The monoisotopic (exact) mass is 253 g/mol. The number of nitrogens with one attached hydrogen (secondary N) is 1. The molecule has 0 unspecified atom stereocenters. The predicted molar refractivity (Wildman–Crippen MR) is 67.3 cm³/mol. The number of carbonyl (C=O) groups excluding carboxylic acids is 1. The summed E-state index contributed by atoms with van der Waals surface area (Å²) >= 11 is 6.39. The van der Waals surface area contributed by atoms with E-state index in [-0.39, 0.29) is 17.5 Å². The Bertz CT molecular complexity index is 408. The first-order chi connectivity index (χ1) is 8.22. The van der Waals surface area contributed by atoms with Gasteiger partial charge in [-0.2, -0.15) is 0 Å². The van der Waals surface area contributed by atoms with Crippen molar-refractivity contribution in [1.29, 1.82) is 0 Å². The van der Waals surface area contributed by atoms with Gasteiger partial charge in [0.1, 0.15) is 0 Å². The smallest absolute Gasteiger partial charge is 0.407 e. The Labute approximate surface area is 106 Å². The highest BCUT2D eigenvalue weighted by Gasteiger charge is 2.29. The molecule has 2 rings (SSSR count). The summed E-state index contributed by atoms with van der Waals surface area (Å²) in [5.74, 6) is 0. The molecule has 3 nitrogen and oxygen atoms in total. The van der Waals surface area contributed by atoms with E-state index in [4.69, 9.17) is 16.3 Å². The van der Waals surface area contributed by atoms with Gasteiger partial charge in [-0.15, -0.1) is 11.6 Å². The van der Waals surface area contributed by atoms with Crippen LogP contribution in [0.1, 0.15) is 29.8 Å². The summed E-state index contributed by atoms with van der Waals surface area (Å²) in [7, 11) is 0. The molecule has 0 radical (unpaired) electrons. The number of halogens is 1. The second kappa shape index (κ2) is 5.41. The van der Waals surface area contributed by atoms with E-state index in [2.05, 4.69) is 11.4 Å². The standard InChI is InChI=1S/C13H16ClNO2/c1-2-17-13(16)15-11-8-7-9-5-3-4-6-10(9)12(11)14/h3-6,11-12H,2,7-8H2,1H3,(H,15,16)/t11-,12-/m0/s1. The van der Waals surface area contributed by atoms with E-state index in [1.807, 2.05) is 18.2 Å². The molecule has 0 aliphatic heterocycles. The number of carbonyl (C=O) groups is 1. The lowest BCUT2D eigenvalue weighted by Gasteiger charge is -2.29. The van der Waals surface area contributed by atoms with E-state index in [1.165, 1.54) is 5.56 Å². The third-order valence-corrected chi connectivity index (χ3v) is 3.55. The van der Waals surface area contributed by atoms with Gasteiger partial charge in [-0.25, -0.2) is 4.79 Å². The van der Waals surface area contributed by atoms with Crippen molar-refractivity contribution in [2.45, 2.75) is 31.2 Å². The fourth-order valence-corrected chi connectivity index (χ4v) is 2.58. The van der Waals surface area contributed by atoms with Gasteiger partial charge >= 0.3 is 6.09 Å².